The fourth-order valence-electron chi connectivity index (χ4n) is 4.97. The Balaban J connectivity index is 1.59. The van der Waals surface area contributed by atoms with Crippen molar-refractivity contribution in [3.05, 3.63) is 0 Å². The highest BCUT2D eigenvalue weighted by atomic mass is 16.5. The van der Waals surface area contributed by atoms with E-state index in [-0.39, 0.29) is 5.97 Å². The van der Waals surface area contributed by atoms with Gasteiger partial charge in [-0.05, 0) is 69.9 Å². The van der Waals surface area contributed by atoms with Crippen LogP contribution in [0.15, 0.2) is 0 Å². The molecule has 2 unspecified atom stereocenters. The first kappa shape index (κ1) is 15.3. The van der Waals surface area contributed by atoms with Crippen LogP contribution in [0.25, 0.3) is 0 Å². The molecule has 0 radical (unpaired) electrons. The number of piperidine rings is 1. The van der Waals surface area contributed by atoms with E-state index in [0.29, 0.717) is 11.5 Å². The fourth-order valence-corrected chi connectivity index (χ4v) is 4.97. The number of carbonyl (C=O) groups excluding carboxylic acids is 1. The first-order valence-electron chi connectivity index (χ1n) is 8.68. The van der Waals surface area contributed by atoms with Crippen LogP contribution in [0, 0.1) is 5.41 Å². The molecule has 1 saturated heterocycles. The SMILES string of the molecule is COC(=O)C1(N)CCCC(N2CCC3(CCCC3)CC2)C1. The van der Waals surface area contributed by atoms with E-state index in [4.69, 9.17) is 10.5 Å². The van der Waals surface area contributed by atoms with E-state index in [1.165, 1.54) is 65.1 Å². The number of hydrogen-bond donors (Lipinski definition) is 1. The Labute approximate surface area is 128 Å². The normalized spacial score (nSPS) is 36.8. The lowest BCUT2D eigenvalue weighted by Crippen LogP contribution is -2.57. The Hall–Kier alpha value is -0.610. The predicted molar refractivity (Wildman–Crippen MR) is 82.9 cm³/mol. The predicted octanol–water partition coefficient (Wildman–Crippen LogP) is 2.46. The largest absolute Gasteiger partial charge is 0.468 e. The van der Waals surface area contributed by atoms with Gasteiger partial charge in [-0.25, -0.2) is 0 Å². The van der Waals surface area contributed by atoms with E-state index in [2.05, 4.69) is 4.90 Å². The quantitative estimate of drug-likeness (QED) is 0.795. The van der Waals surface area contributed by atoms with Gasteiger partial charge in [0, 0.05) is 6.04 Å². The second-order valence-electron chi connectivity index (χ2n) is 7.64. The first-order valence-corrected chi connectivity index (χ1v) is 8.68. The molecule has 4 heteroatoms. The van der Waals surface area contributed by atoms with E-state index >= 15 is 0 Å². The number of carbonyl (C=O) groups is 1. The average Bonchev–Trinajstić information content (AvgIpc) is 2.95. The van der Waals surface area contributed by atoms with E-state index in [1.807, 2.05) is 0 Å². The number of nitrogens with zero attached hydrogens (tertiary/aromatic N) is 1. The zero-order valence-corrected chi connectivity index (χ0v) is 13.4. The molecule has 2 aliphatic carbocycles. The van der Waals surface area contributed by atoms with Crippen molar-refractivity contribution in [2.24, 2.45) is 11.1 Å². The van der Waals surface area contributed by atoms with Crippen LogP contribution in [0.2, 0.25) is 0 Å². The van der Waals surface area contributed by atoms with Crippen LogP contribution in [0.1, 0.15) is 64.2 Å². The summed E-state index contributed by atoms with van der Waals surface area (Å²) in [6.45, 7) is 2.39. The summed E-state index contributed by atoms with van der Waals surface area (Å²) in [5, 5.41) is 0. The lowest BCUT2D eigenvalue weighted by Gasteiger charge is -2.46. The summed E-state index contributed by atoms with van der Waals surface area (Å²) >= 11 is 0. The third-order valence-electron chi connectivity index (χ3n) is 6.39. The summed E-state index contributed by atoms with van der Waals surface area (Å²) in [6, 6.07) is 0.474. The Morgan fingerprint density at radius 3 is 2.38 bits per heavy atom. The van der Waals surface area contributed by atoms with Crippen molar-refractivity contribution >= 4 is 5.97 Å². The molecule has 1 spiro atoms. The zero-order chi connectivity index (χ0) is 14.9. The smallest absolute Gasteiger partial charge is 0.325 e. The van der Waals surface area contributed by atoms with Gasteiger partial charge in [0.25, 0.3) is 0 Å². The van der Waals surface area contributed by atoms with Gasteiger partial charge in [-0.15, -0.1) is 0 Å². The van der Waals surface area contributed by atoms with E-state index in [1.54, 1.807) is 0 Å². The minimum Gasteiger partial charge on any atom is -0.468 e. The van der Waals surface area contributed by atoms with Gasteiger partial charge < -0.3 is 15.4 Å². The molecule has 0 aromatic rings. The summed E-state index contributed by atoms with van der Waals surface area (Å²) in [6.07, 6.45) is 12.2. The van der Waals surface area contributed by atoms with Gasteiger partial charge in [0.15, 0.2) is 0 Å². The Bertz CT molecular complexity index is 382. The molecule has 0 aromatic carbocycles. The first-order chi connectivity index (χ1) is 10.1. The van der Waals surface area contributed by atoms with Crippen LogP contribution in [0.4, 0.5) is 0 Å². The fraction of sp³-hybridized carbons (Fsp3) is 0.941. The molecule has 2 atom stereocenters. The standard InChI is InChI=1S/C17H30N2O2/c1-21-15(20)17(18)8-4-5-14(13-17)19-11-9-16(10-12-19)6-2-3-7-16/h14H,2-13,18H2,1H3. The highest BCUT2D eigenvalue weighted by molar-refractivity contribution is 5.80. The maximum Gasteiger partial charge on any atom is 0.325 e. The number of methoxy groups -OCH3 is 1. The lowest BCUT2D eigenvalue weighted by atomic mass is 9.74. The van der Waals surface area contributed by atoms with Crippen LogP contribution >= 0.6 is 0 Å². The minimum absolute atomic E-state index is 0.225. The molecule has 0 aromatic heterocycles. The Morgan fingerprint density at radius 1 is 1.10 bits per heavy atom. The molecule has 1 aliphatic heterocycles. The number of likely N-dealkylation sites (tertiary alicyclic amines) is 1. The minimum atomic E-state index is -0.750. The number of esters is 1. The summed E-state index contributed by atoms with van der Waals surface area (Å²) in [7, 11) is 1.45. The molecule has 120 valence electrons. The summed E-state index contributed by atoms with van der Waals surface area (Å²) < 4.78 is 4.92. The lowest BCUT2D eigenvalue weighted by molar-refractivity contribution is -0.149. The number of hydrogen-bond acceptors (Lipinski definition) is 4. The van der Waals surface area contributed by atoms with Gasteiger partial charge in [0.1, 0.15) is 5.54 Å². The zero-order valence-electron chi connectivity index (χ0n) is 13.4. The van der Waals surface area contributed by atoms with Gasteiger partial charge in [-0.2, -0.15) is 0 Å². The maximum atomic E-state index is 12.0. The van der Waals surface area contributed by atoms with Gasteiger partial charge >= 0.3 is 5.97 Å². The van der Waals surface area contributed by atoms with Gasteiger partial charge in [0.05, 0.1) is 7.11 Å². The van der Waals surface area contributed by atoms with Crippen molar-refractivity contribution in [1.29, 1.82) is 0 Å². The molecule has 4 nitrogen and oxygen atoms in total. The van der Waals surface area contributed by atoms with Gasteiger partial charge in [-0.1, -0.05) is 12.8 Å². The van der Waals surface area contributed by atoms with Gasteiger partial charge in [0.2, 0.25) is 0 Å². The van der Waals surface area contributed by atoms with Crippen molar-refractivity contribution in [3.8, 4) is 0 Å². The van der Waals surface area contributed by atoms with E-state index in [0.717, 1.165) is 19.3 Å². The van der Waals surface area contributed by atoms with Gasteiger partial charge in [-0.3, -0.25) is 4.79 Å². The van der Waals surface area contributed by atoms with Crippen LogP contribution in [0.3, 0.4) is 0 Å². The van der Waals surface area contributed by atoms with Crippen LogP contribution in [-0.4, -0.2) is 42.6 Å². The number of rotatable bonds is 2. The average molecular weight is 294 g/mol. The van der Waals surface area contributed by atoms with E-state index in [9.17, 15) is 4.79 Å². The third-order valence-corrected chi connectivity index (χ3v) is 6.39. The molecular weight excluding hydrogens is 264 g/mol. The monoisotopic (exact) mass is 294 g/mol. The molecule has 3 aliphatic rings. The van der Waals surface area contributed by atoms with Crippen LogP contribution in [0.5, 0.6) is 0 Å². The second kappa shape index (κ2) is 5.88. The molecule has 0 amide bonds. The Kier molecular flexibility index (Phi) is 4.28. The topological polar surface area (TPSA) is 55.6 Å². The van der Waals surface area contributed by atoms with Crippen molar-refractivity contribution in [2.45, 2.75) is 75.8 Å². The second-order valence-corrected chi connectivity index (χ2v) is 7.64. The number of nitrogens with two attached hydrogens (primary N) is 1. The number of ether oxygens (including phenoxy) is 1. The van der Waals surface area contributed by atoms with E-state index < -0.39 is 5.54 Å². The van der Waals surface area contributed by atoms with Crippen molar-refractivity contribution in [1.82, 2.24) is 4.90 Å². The van der Waals surface area contributed by atoms with Crippen molar-refractivity contribution in [3.63, 3.8) is 0 Å². The molecular formula is C17H30N2O2. The molecule has 2 saturated carbocycles. The van der Waals surface area contributed by atoms with Crippen molar-refractivity contribution in [2.75, 3.05) is 20.2 Å². The summed E-state index contributed by atoms with van der Waals surface area (Å²) in [5.41, 5.74) is 6.23. The molecule has 0 bridgehead atoms. The molecule has 1 heterocycles. The van der Waals surface area contributed by atoms with Crippen LogP contribution < -0.4 is 5.73 Å². The molecule has 3 fully saturated rings. The maximum absolute atomic E-state index is 12.0. The highest BCUT2D eigenvalue weighted by Gasteiger charge is 2.44. The molecule has 2 N–H and O–H groups in total. The van der Waals surface area contributed by atoms with Crippen LogP contribution in [-0.2, 0) is 9.53 Å². The molecule has 21 heavy (non-hydrogen) atoms. The Morgan fingerprint density at radius 2 is 1.76 bits per heavy atom. The van der Waals surface area contributed by atoms with Crippen molar-refractivity contribution < 1.29 is 9.53 Å². The third kappa shape index (κ3) is 2.98. The summed E-state index contributed by atoms with van der Waals surface area (Å²) in [4.78, 5) is 14.6. The molecule has 3 rings (SSSR count). The summed E-state index contributed by atoms with van der Waals surface area (Å²) in [5.74, 6) is -0.225. The highest BCUT2D eigenvalue weighted by Crippen LogP contribution is 2.47.